The molecule has 0 aromatic heterocycles. The van der Waals surface area contributed by atoms with Crippen molar-refractivity contribution in [2.75, 3.05) is 13.2 Å². The van der Waals surface area contributed by atoms with E-state index in [-0.39, 0.29) is 5.41 Å². The molecule has 0 amide bonds. The summed E-state index contributed by atoms with van der Waals surface area (Å²) in [6, 6.07) is 7.92. The summed E-state index contributed by atoms with van der Waals surface area (Å²) in [5.41, 5.74) is 1.92. The molecule has 0 aliphatic rings. The van der Waals surface area contributed by atoms with Crippen LogP contribution in [0.5, 0.6) is 11.5 Å². The minimum absolute atomic E-state index is 0.316. The van der Waals surface area contributed by atoms with Gasteiger partial charge < -0.3 is 9.47 Å². The predicted octanol–water partition coefficient (Wildman–Crippen LogP) is 8.19. The zero-order chi connectivity index (χ0) is 20.2. The van der Waals surface area contributed by atoms with Crippen LogP contribution >= 0.6 is 63.7 Å². The largest absolute Gasteiger partial charge is 0.489 e. The Morgan fingerprint density at radius 1 is 0.741 bits per heavy atom. The molecule has 27 heavy (non-hydrogen) atoms. The molecule has 0 saturated heterocycles. The molecule has 2 aromatic carbocycles. The zero-order valence-electron chi connectivity index (χ0n) is 15.1. The molecule has 2 rings (SSSR count). The van der Waals surface area contributed by atoms with Gasteiger partial charge in [-0.3, -0.25) is 0 Å². The van der Waals surface area contributed by atoms with Crippen LogP contribution < -0.4 is 9.47 Å². The van der Waals surface area contributed by atoms with Gasteiger partial charge >= 0.3 is 0 Å². The number of ether oxygens (including phenoxy) is 2. The van der Waals surface area contributed by atoms with Gasteiger partial charge in [-0.05, 0) is 35.4 Å². The lowest BCUT2D eigenvalue weighted by molar-refractivity contribution is 0.362. The predicted molar refractivity (Wildman–Crippen MR) is 127 cm³/mol. The molecular formula is C21H20Br4O2. The number of benzene rings is 2. The zero-order valence-corrected chi connectivity index (χ0v) is 21.5. The van der Waals surface area contributed by atoms with E-state index in [1.54, 1.807) is 12.2 Å². The van der Waals surface area contributed by atoms with E-state index in [9.17, 15) is 0 Å². The summed E-state index contributed by atoms with van der Waals surface area (Å²) in [6.45, 7) is 12.7. The van der Waals surface area contributed by atoms with E-state index in [4.69, 9.17) is 9.47 Å². The SMILES string of the molecule is C=CCOc1cc(Br)c(C(C)(C)c2c(Br)cc(OCC=C)cc2Br)c(Br)c1. The van der Waals surface area contributed by atoms with Crippen molar-refractivity contribution >= 4 is 63.7 Å². The van der Waals surface area contributed by atoms with Crippen LogP contribution in [0.15, 0.2) is 67.5 Å². The molecule has 0 saturated carbocycles. The van der Waals surface area contributed by atoms with E-state index in [0.29, 0.717) is 13.2 Å². The van der Waals surface area contributed by atoms with E-state index in [2.05, 4.69) is 90.7 Å². The Bertz CT molecular complexity index is 744. The third kappa shape index (κ3) is 5.28. The van der Waals surface area contributed by atoms with Crippen LogP contribution in [0.2, 0.25) is 0 Å². The highest BCUT2D eigenvalue weighted by Crippen LogP contribution is 2.47. The Kier molecular flexibility index (Phi) is 8.22. The molecule has 0 N–H and O–H groups in total. The summed E-state index contributed by atoms with van der Waals surface area (Å²) < 4.78 is 15.2. The molecule has 0 spiro atoms. The number of hydrogen-bond donors (Lipinski definition) is 0. The maximum Gasteiger partial charge on any atom is 0.122 e. The summed E-state index contributed by atoms with van der Waals surface area (Å²) in [4.78, 5) is 0. The van der Waals surface area contributed by atoms with Crippen molar-refractivity contribution in [2.45, 2.75) is 19.3 Å². The highest BCUT2D eigenvalue weighted by atomic mass is 79.9. The molecule has 0 heterocycles. The van der Waals surface area contributed by atoms with Gasteiger partial charge in [-0.1, -0.05) is 103 Å². The smallest absolute Gasteiger partial charge is 0.122 e. The molecule has 0 aliphatic carbocycles. The van der Waals surface area contributed by atoms with Gasteiger partial charge in [0.05, 0.1) is 0 Å². The van der Waals surface area contributed by atoms with Crippen molar-refractivity contribution < 1.29 is 9.47 Å². The molecule has 144 valence electrons. The van der Waals surface area contributed by atoms with E-state index >= 15 is 0 Å². The van der Waals surface area contributed by atoms with Crippen molar-refractivity contribution in [2.24, 2.45) is 0 Å². The lowest BCUT2D eigenvalue weighted by atomic mass is 9.78. The Hall–Kier alpha value is -0.560. The first-order valence-corrected chi connectivity index (χ1v) is 11.4. The summed E-state index contributed by atoms with van der Waals surface area (Å²) in [7, 11) is 0. The van der Waals surface area contributed by atoms with E-state index in [1.165, 1.54) is 0 Å². The normalized spacial score (nSPS) is 11.2. The second kappa shape index (κ2) is 9.77. The van der Waals surface area contributed by atoms with Crippen LogP contribution in [0.25, 0.3) is 0 Å². The summed E-state index contributed by atoms with van der Waals surface area (Å²) in [5.74, 6) is 1.55. The minimum atomic E-state index is -0.316. The Morgan fingerprint density at radius 2 is 1.04 bits per heavy atom. The number of halogens is 4. The van der Waals surface area contributed by atoms with Gasteiger partial charge in [-0.15, -0.1) is 0 Å². The van der Waals surface area contributed by atoms with Crippen LogP contribution in [0, 0.1) is 0 Å². The third-order valence-electron chi connectivity index (χ3n) is 4.02. The van der Waals surface area contributed by atoms with E-state index in [1.807, 2.05) is 24.3 Å². The Labute approximate surface area is 194 Å². The van der Waals surface area contributed by atoms with Crippen LogP contribution in [-0.2, 0) is 5.41 Å². The fourth-order valence-corrected chi connectivity index (χ4v) is 7.17. The van der Waals surface area contributed by atoms with Gasteiger partial charge in [-0.2, -0.15) is 0 Å². The van der Waals surface area contributed by atoms with Crippen molar-refractivity contribution in [3.8, 4) is 11.5 Å². The quantitative estimate of drug-likeness (QED) is 0.276. The lowest BCUT2D eigenvalue weighted by Gasteiger charge is -2.31. The topological polar surface area (TPSA) is 18.5 Å². The van der Waals surface area contributed by atoms with Crippen LogP contribution in [0.3, 0.4) is 0 Å². The van der Waals surface area contributed by atoms with Gasteiger partial charge in [0.2, 0.25) is 0 Å². The molecule has 2 nitrogen and oxygen atoms in total. The number of hydrogen-bond acceptors (Lipinski definition) is 2. The fraction of sp³-hybridized carbons (Fsp3) is 0.238. The van der Waals surface area contributed by atoms with Crippen molar-refractivity contribution in [1.82, 2.24) is 0 Å². The Morgan fingerprint density at radius 3 is 1.30 bits per heavy atom. The molecule has 6 heteroatoms. The second-order valence-corrected chi connectivity index (χ2v) is 9.77. The lowest BCUT2D eigenvalue weighted by Crippen LogP contribution is -2.22. The van der Waals surface area contributed by atoms with Crippen LogP contribution in [0.4, 0.5) is 0 Å². The molecule has 0 radical (unpaired) electrons. The highest BCUT2D eigenvalue weighted by molar-refractivity contribution is 9.11. The monoisotopic (exact) mass is 620 g/mol. The maximum atomic E-state index is 5.67. The molecular weight excluding hydrogens is 604 g/mol. The standard InChI is InChI=1S/C21H20Br4O2/c1-5-7-26-13-9-15(22)19(16(23)10-13)21(3,4)20-17(24)11-14(12-18(20)25)27-8-6-2/h5-6,9-12H,1-2,7-8H2,3-4H3. The van der Waals surface area contributed by atoms with Crippen LogP contribution in [0.1, 0.15) is 25.0 Å². The first-order chi connectivity index (χ1) is 12.7. The highest BCUT2D eigenvalue weighted by Gasteiger charge is 2.32. The molecule has 0 aliphatic heterocycles. The summed E-state index contributed by atoms with van der Waals surface area (Å²) in [6.07, 6.45) is 3.45. The average Bonchev–Trinajstić information content (AvgIpc) is 2.56. The van der Waals surface area contributed by atoms with Gasteiger partial charge in [-0.25, -0.2) is 0 Å². The third-order valence-corrected chi connectivity index (χ3v) is 6.52. The van der Waals surface area contributed by atoms with Crippen molar-refractivity contribution in [1.29, 1.82) is 0 Å². The van der Waals surface area contributed by atoms with Crippen molar-refractivity contribution in [3.63, 3.8) is 0 Å². The van der Waals surface area contributed by atoms with Gasteiger partial charge in [0.1, 0.15) is 24.7 Å². The summed E-state index contributed by atoms with van der Waals surface area (Å²) >= 11 is 14.9. The average molecular weight is 624 g/mol. The van der Waals surface area contributed by atoms with Gasteiger partial charge in [0.25, 0.3) is 0 Å². The molecule has 0 unspecified atom stereocenters. The van der Waals surface area contributed by atoms with Gasteiger partial charge in [0.15, 0.2) is 0 Å². The summed E-state index contributed by atoms with van der Waals surface area (Å²) in [5, 5.41) is 0. The second-order valence-electron chi connectivity index (χ2n) is 6.35. The maximum absolute atomic E-state index is 5.67. The van der Waals surface area contributed by atoms with Crippen LogP contribution in [-0.4, -0.2) is 13.2 Å². The van der Waals surface area contributed by atoms with E-state index < -0.39 is 0 Å². The van der Waals surface area contributed by atoms with E-state index in [0.717, 1.165) is 40.5 Å². The first-order valence-electron chi connectivity index (χ1n) is 8.18. The molecule has 0 bridgehead atoms. The van der Waals surface area contributed by atoms with Gasteiger partial charge in [0, 0.05) is 23.3 Å². The van der Waals surface area contributed by atoms with Crippen molar-refractivity contribution in [3.05, 3.63) is 78.6 Å². The Balaban J connectivity index is 2.52. The molecule has 2 aromatic rings. The molecule has 0 atom stereocenters. The number of rotatable bonds is 8. The first kappa shape index (κ1) is 22.7. The fourth-order valence-electron chi connectivity index (χ4n) is 2.90. The molecule has 0 fully saturated rings. The minimum Gasteiger partial charge on any atom is -0.489 e.